The number of nitrogens with one attached hydrogen (secondary N) is 1. The van der Waals surface area contributed by atoms with E-state index >= 15 is 0 Å². The Bertz CT molecular complexity index is 705. The van der Waals surface area contributed by atoms with Crippen LogP contribution in [-0.4, -0.2) is 26.2 Å². The fraction of sp³-hybridized carbons (Fsp3) is 0.278. The molecule has 2 aromatic rings. The van der Waals surface area contributed by atoms with Gasteiger partial charge in [0.05, 0.1) is 19.2 Å². The lowest BCUT2D eigenvalue weighted by atomic mass is 10.2. The first-order valence-corrected chi connectivity index (χ1v) is 7.91. The van der Waals surface area contributed by atoms with E-state index in [2.05, 4.69) is 5.32 Å². The summed E-state index contributed by atoms with van der Waals surface area (Å²) in [5.41, 5.74) is 0.596. The van der Waals surface area contributed by atoms with E-state index in [4.69, 9.17) is 25.8 Å². The van der Waals surface area contributed by atoms with Gasteiger partial charge < -0.3 is 19.5 Å². The first kappa shape index (κ1) is 17.9. The van der Waals surface area contributed by atoms with Crippen molar-refractivity contribution >= 4 is 23.2 Å². The summed E-state index contributed by atoms with van der Waals surface area (Å²) >= 11 is 6.08. The summed E-state index contributed by atoms with van der Waals surface area (Å²) in [7, 11) is 3.10. The number of carbonyl (C=O) groups is 1. The van der Waals surface area contributed by atoms with E-state index in [0.29, 0.717) is 34.4 Å². The zero-order valence-electron chi connectivity index (χ0n) is 13.8. The number of methoxy groups -OCH3 is 2. The molecule has 1 N–H and O–H groups in total. The van der Waals surface area contributed by atoms with Gasteiger partial charge in [0.25, 0.3) is 5.91 Å². The van der Waals surface area contributed by atoms with Crippen LogP contribution >= 0.6 is 11.6 Å². The number of amides is 1. The molecule has 2 aromatic carbocycles. The molecule has 2 rings (SSSR count). The van der Waals surface area contributed by atoms with Crippen LogP contribution in [0.1, 0.15) is 13.3 Å². The topological polar surface area (TPSA) is 56.8 Å². The molecule has 0 heterocycles. The highest BCUT2D eigenvalue weighted by molar-refractivity contribution is 6.32. The minimum absolute atomic E-state index is 0.260. The SMILES string of the molecule is CCC(Oc1ccccc1Cl)C(=O)Nc1ccc(OC)c(OC)c1. The highest BCUT2D eigenvalue weighted by Crippen LogP contribution is 2.30. The maximum atomic E-state index is 12.5. The summed E-state index contributed by atoms with van der Waals surface area (Å²) in [4.78, 5) is 12.5. The van der Waals surface area contributed by atoms with E-state index in [9.17, 15) is 4.79 Å². The van der Waals surface area contributed by atoms with Gasteiger partial charge in [-0.1, -0.05) is 30.7 Å². The van der Waals surface area contributed by atoms with Gasteiger partial charge in [0, 0.05) is 11.8 Å². The molecule has 0 saturated heterocycles. The van der Waals surface area contributed by atoms with Crippen LogP contribution in [0.4, 0.5) is 5.69 Å². The number of benzene rings is 2. The lowest BCUT2D eigenvalue weighted by molar-refractivity contribution is -0.122. The lowest BCUT2D eigenvalue weighted by Crippen LogP contribution is -2.32. The number of hydrogen-bond acceptors (Lipinski definition) is 4. The average molecular weight is 350 g/mol. The number of anilines is 1. The third kappa shape index (κ3) is 4.32. The number of ether oxygens (including phenoxy) is 3. The average Bonchev–Trinajstić information content (AvgIpc) is 2.60. The van der Waals surface area contributed by atoms with Gasteiger partial charge in [0.1, 0.15) is 5.75 Å². The number of hydrogen-bond donors (Lipinski definition) is 1. The van der Waals surface area contributed by atoms with Crippen molar-refractivity contribution in [1.29, 1.82) is 0 Å². The maximum Gasteiger partial charge on any atom is 0.265 e. The largest absolute Gasteiger partial charge is 0.493 e. The molecule has 0 aliphatic rings. The number of carbonyl (C=O) groups excluding carboxylic acids is 1. The molecule has 1 atom stereocenters. The zero-order chi connectivity index (χ0) is 17.5. The van der Waals surface area contributed by atoms with Crippen molar-refractivity contribution in [1.82, 2.24) is 0 Å². The molecule has 0 fully saturated rings. The molecule has 0 bridgehead atoms. The number of rotatable bonds is 7. The maximum absolute atomic E-state index is 12.5. The van der Waals surface area contributed by atoms with Crippen LogP contribution in [0.15, 0.2) is 42.5 Å². The van der Waals surface area contributed by atoms with Gasteiger partial charge in [-0.05, 0) is 30.7 Å². The molecule has 6 heteroatoms. The number of para-hydroxylation sites is 1. The Morgan fingerprint density at radius 2 is 1.79 bits per heavy atom. The van der Waals surface area contributed by atoms with Gasteiger partial charge in [-0.25, -0.2) is 0 Å². The minimum atomic E-state index is -0.655. The molecule has 0 spiro atoms. The minimum Gasteiger partial charge on any atom is -0.493 e. The summed E-state index contributed by atoms with van der Waals surface area (Å²) in [6, 6.07) is 12.2. The van der Waals surface area contributed by atoms with Crippen LogP contribution in [0.5, 0.6) is 17.2 Å². The monoisotopic (exact) mass is 349 g/mol. The standard InChI is InChI=1S/C18H20ClNO4/c1-4-14(24-15-8-6-5-7-13(15)19)18(21)20-12-9-10-16(22-2)17(11-12)23-3/h5-11,14H,4H2,1-3H3,(H,20,21). The van der Waals surface area contributed by atoms with Gasteiger partial charge in [-0.15, -0.1) is 0 Å². The van der Waals surface area contributed by atoms with Crippen molar-refractivity contribution in [3.8, 4) is 17.2 Å². The van der Waals surface area contributed by atoms with Crippen LogP contribution in [0.3, 0.4) is 0 Å². The van der Waals surface area contributed by atoms with E-state index in [0.717, 1.165) is 0 Å². The predicted molar refractivity (Wildman–Crippen MR) is 94.3 cm³/mol. The second-order valence-electron chi connectivity index (χ2n) is 5.00. The highest BCUT2D eigenvalue weighted by Gasteiger charge is 2.20. The molecule has 0 aromatic heterocycles. The first-order chi connectivity index (χ1) is 11.6. The molecule has 0 aliphatic carbocycles. The predicted octanol–water partition coefficient (Wildman–Crippen LogP) is 4.15. The van der Waals surface area contributed by atoms with E-state index in [-0.39, 0.29) is 5.91 Å². The fourth-order valence-corrected chi connectivity index (χ4v) is 2.33. The number of halogens is 1. The van der Waals surface area contributed by atoms with Gasteiger partial charge in [-0.2, -0.15) is 0 Å². The molecule has 5 nitrogen and oxygen atoms in total. The third-order valence-corrected chi connectivity index (χ3v) is 3.73. The molecule has 0 radical (unpaired) electrons. The molecule has 1 unspecified atom stereocenters. The Labute approximate surface area is 146 Å². The quantitative estimate of drug-likeness (QED) is 0.815. The van der Waals surface area contributed by atoms with Gasteiger partial charge >= 0.3 is 0 Å². The van der Waals surface area contributed by atoms with Crippen molar-refractivity contribution in [3.63, 3.8) is 0 Å². The van der Waals surface area contributed by atoms with Crippen molar-refractivity contribution in [2.75, 3.05) is 19.5 Å². The van der Waals surface area contributed by atoms with E-state index in [1.165, 1.54) is 0 Å². The van der Waals surface area contributed by atoms with E-state index in [1.54, 1.807) is 56.7 Å². The van der Waals surface area contributed by atoms with Gasteiger partial charge in [0.2, 0.25) is 0 Å². The Kier molecular flexibility index (Phi) is 6.32. The highest BCUT2D eigenvalue weighted by atomic mass is 35.5. The van der Waals surface area contributed by atoms with Crippen LogP contribution < -0.4 is 19.5 Å². The van der Waals surface area contributed by atoms with Crippen molar-refractivity contribution < 1.29 is 19.0 Å². The molecule has 0 saturated carbocycles. The van der Waals surface area contributed by atoms with Crippen molar-refractivity contribution in [2.45, 2.75) is 19.4 Å². The Morgan fingerprint density at radius 1 is 1.08 bits per heavy atom. The van der Waals surface area contributed by atoms with Crippen molar-refractivity contribution in [2.24, 2.45) is 0 Å². The summed E-state index contributed by atoms with van der Waals surface area (Å²) in [5, 5.41) is 3.28. The molecule has 24 heavy (non-hydrogen) atoms. The van der Waals surface area contributed by atoms with Crippen LogP contribution in [-0.2, 0) is 4.79 Å². The first-order valence-electron chi connectivity index (χ1n) is 7.53. The summed E-state index contributed by atoms with van der Waals surface area (Å²) in [5.74, 6) is 1.35. The van der Waals surface area contributed by atoms with E-state index in [1.807, 2.05) is 6.92 Å². The molecule has 0 aliphatic heterocycles. The molecular formula is C18H20ClNO4. The molecular weight excluding hydrogens is 330 g/mol. The molecule has 128 valence electrons. The van der Waals surface area contributed by atoms with Crippen molar-refractivity contribution in [3.05, 3.63) is 47.5 Å². The second kappa shape index (κ2) is 8.45. The molecule has 1 amide bonds. The van der Waals surface area contributed by atoms with E-state index < -0.39 is 6.10 Å². The normalized spacial score (nSPS) is 11.5. The second-order valence-corrected chi connectivity index (χ2v) is 5.41. The summed E-state index contributed by atoms with van der Waals surface area (Å²) < 4.78 is 16.1. The zero-order valence-corrected chi connectivity index (χ0v) is 14.6. The Hall–Kier alpha value is -2.40. The Balaban J connectivity index is 2.11. The smallest absolute Gasteiger partial charge is 0.265 e. The summed E-state index contributed by atoms with van der Waals surface area (Å²) in [6.45, 7) is 1.87. The van der Waals surface area contributed by atoms with Gasteiger partial charge in [0.15, 0.2) is 17.6 Å². The third-order valence-electron chi connectivity index (χ3n) is 3.42. The Morgan fingerprint density at radius 3 is 2.42 bits per heavy atom. The van der Waals surface area contributed by atoms with Crippen LogP contribution in [0.2, 0.25) is 5.02 Å². The van der Waals surface area contributed by atoms with Crippen LogP contribution in [0.25, 0.3) is 0 Å². The lowest BCUT2D eigenvalue weighted by Gasteiger charge is -2.18. The van der Waals surface area contributed by atoms with Gasteiger partial charge in [-0.3, -0.25) is 4.79 Å². The van der Waals surface area contributed by atoms with Crippen LogP contribution in [0, 0.1) is 0 Å². The summed E-state index contributed by atoms with van der Waals surface area (Å²) in [6.07, 6.45) is -0.150. The fourth-order valence-electron chi connectivity index (χ4n) is 2.15.